The predicted molar refractivity (Wildman–Crippen MR) is 64.9 cm³/mol. The molecule has 1 rings (SSSR count). The maximum Gasteiger partial charge on any atom is 0.405 e. The third-order valence-electron chi connectivity index (χ3n) is 2.22. The minimum Gasteiger partial charge on any atom is -0.395 e. The van der Waals surface area contributed by atoms with Crippen molar-refractivity contribution in [1.29, 1.82) is 0 Å². The van der Waals surface area contributed by atoms with E-state index in [4.69, 9.17) is 5.11 Å². The molecule has 0 saturated carbocycles. The molecule has 0 aliphatic rings. The van der Waals surface area contributed by atoms with E-state index in [9.17, 15) is 18.0 Å². The number of carbonyl (C=O) groups is 1. The molecule has 3 nitrogen and oxygen atoms in total. The van der Waals surface area contributed by atoms with Crippen LogP contribution < -0.4 is 4.90 Å². The Balaban J connectivity index is 2.98. The number of alkyl halides is 3. The van der Waals surface area contributed by atoms with Crippen LogP contribution in [-0.2, 0) is 0 Å². The number of aliphatic hydroxyl groups excluding tert-OH is 1. The van der Waals surface area contributed by atoms with Gasteiger partial charge in [-0.05, 0) is 34.1 Å². The number of halogens is 4. The Kier molecular flexibility index (Phi) is 5.15. The van der Waals surface area contributed by atoms with Crippen LogP contribution in [0.15, 0.2) is 22.7 Å². The summed E-state index contributed by atoms with van der Waals surface area (Å²) in [5.41, 5.74) is 0.647. The van der Waals surface area contributed by atoms with Gasteiger partial charge in [0.05, 0.1) is 6.61 Å². The first-order valence-corrected chi connectivity index (χ1v) is 5.84. The van der Waals surface area contributed by atoms with Gasteiger partial charge in [-0.25, -0.2) is 0 Å². The second-order valence-corrected chi connectivity index (χ2v) is 4.44. The predicted octanol–water partition coefficient (Wildman–Crippen LogP) is 2.62. The minimum absolute atomic E-state index is 0.133. The largest absolute Gasteiger partial charge is 0.405 e. The molecule has 100 valence electrons. The number of anilines is 1. The van der Waals surface area contributed by atoms with Crippen molar-refractivity contribution >= 4 is 27.9 Å². The fraction of sp³-hybridized carbons (Fsp3) is 0.364. The van der Waals surface area contributed by atoms with Crippen LogP contribution >= 0.6 is 15.9 Å². The molecule has 18 heavy (non-hydrogen) atoms. The highest BCUT2D eigenvalue weighted by molar-refractivity contribution is 9.10. The molecule has 0 atom stereocenters. The van der Waals surface area contributed by atoms with E-state index in [1.54, 1.807) is 0 Å². The lowest BCUT2D eigenvalue weighted by atomic mass is 10.2. The summed E-state index contributed by atoms with van der Waals surface area (Å²) in [6.45, 7) is -1.67. The van der Waals surface area contributed by atoms with Gasteiger partial charge in [0.25, 0.3) is 0 Å². The van der Waals surface area contributed by atoms with Gasteiger partial charge in [-0.2, -0.15) is 13.2 Å². The topological polar surface area (TPSA) is 40.5 Å². The minimum atomic E-state index is -4.36. The Labute approximate surface area is 110 Å². The summed E-state index contributed by atoms with van der Waals surface area (Å²) in [7, 11) is 0. The van der Waals surface area contributed by atoms with Gasteiger partial charge in [-0.1, -0.05) is 0 Å². The van der Waals surface area contributed by atoms with Crippen molar-refractivity contribution < 1.29 is 23.1 Å². The standard InChI is InChI=1S/C11H11BrF3NO2/c12-10-5-9(2-1-8(10)6-18)16(3-4-17)7-11(13,14)15/h1-2,5-6,17H,3-4,7H2. The van der Waals surface area contributed by atoms with Crippen molar-refractivity contribution in [2.45, 2.75) is 6.18 Å². The average molecular weight is 326 g/mol. The van der Waals surface area contributed by atoms with Crippen LogP contribution in [0.2, 0.25) is 0 Å². The highest BCUT2D eigenvalue weighted by Gasteiger charge is 2.30. The Morgan fingerprint density at radius 1 is 1.39 bits per heavy atom. The molecule has 0 aliphatic carbocycles. The zero-order valence-corrected chi connectivity index (χ0v) is 10.8. The van der Waals surface area contributed by atoms with Gasteiger partial charge in [0.15, 0.2) is 6.29 Å². The molecule has 0 bridgehead atoms. The third-order valence-corrected chi connectivity index (χ3v) is 2.90. The lowest BCUT2D eigenvalue weighted by Gasteiger charge is -2.25. The van der Waals surface area contributed by atoms with E-state index >= 15 is 0 Å². The number of aldehydes is 1. The number of rotatable bonds is 5. The first kappa shape index (κ1) is 15.0. The van der Waals surface area contributed by atoms with Gasteiger partial charge < -0.3 is 10.0 Å². The van der Waals surface area contributed by atoms with Gasteiger partial charge in [0.1, 0.15) is 6.54 Å². The summed E-state index contributed by atoms with van der Waals surface area (Å²) in [6, 6.07) is 4.26. The van der Waals surface area contributed by atoms with E-state index in [1.807, 2.05) is 0 Å². The molecule has 0 aromatic heterocycles. The molecule has 0 heterocycles. The van der Waals surface area contributed by atoms with Gasteiger partial charge >= 0.3 is 6.18 Å². The van der Waals surface area contributed by atoms with E-state index in [-0.39, 0.29) is 13.2 Å². The second kappa shape index (κ2) is 6.19. The van der Waals surface area contributed by atoms with Crippen LogP contribution in [0.5, 0.6) is 0 Å². The van der Waals surface area contributed by atoms with E-state index in [1.165, 1.54) is 18.2 Å². The van der Waals surface area contributed by atoms with Crippen molar-refractivity contribution in [3.63, 3.8) is 0 Å². The highest BCUT2D eigenvalue weighted by atomic mass is 79.9. The summed E-state index contributed by atoms with van der Waals surface area (Å²) < 4.78 is 37.5. The number of benzene rings is 1. The number of aliphatic hydroxyl groups is 1. The maximum atomic E-state index is 12.4. The molecule has 1 N–H and O–H groups in total. The fourth-order valence-corrected chi connectivity index (χ4v) is 1.91. The van der Waals surface area contributed by atoms with Crippen LogP contribution in [-0.4, -0.2) is 37.3 Å². The number of hydrogen-bond donors (Lipinski definition) is 1. The second-order valence-electron chi connectivity index (χ2n) is 3.58. The van der Waals surface area contributed by atoms with Crippen molar-refractivity contribution in [2.75, 3.05) is 24.6 Å². The number of hydrogen-bond acceptors (Lipinski definition) is 3. The normalized spacial score (nSPS) is 11.4. The first-order valence-electron chi connectivity index (χ1n) is 5.04. The lowest BCUT2D eigenvalue weighted by molar-refractivity contribution is -0.119. The molecule has 0 unspecified atom stereocenters. The highest BCUT2D eigenvalue weighted by Crippen LogP contribution is 2.26. The van der Waals surface area contributed by atoms with Crippen molar-refractivity contribution in [1.82, 2.24) is 0 Å². The summed E-state index contributed by atoms with van der Waals surface area (Å²) in [5, 5.41) is 8.79. The van der Waals surface area contributed by atoms with Gasteiger partial charge in [-0.3, -0.25) is 4.79 Å². The molecule has 1 aromatic rings. The summed E-state index contributed by atoms with van der Waals surface area (Å²) >= 11 is 3.10. The van der Waals surface area contributed by atoms with E-state index in [2.05, 4.69) is 15.9 Å². The summed E-state index contributed by atoms with van der Waals surface area (Å²) in [6.07, 6.45) is -3.75. The zero-order valence-electron chi connectivity index (χ0n) is 9.25. The van der Waals surface area contributed by atoms with Gasteiger partial charge in [0.2, 0.25) is 0 Å². The maximum absolute atomic E-state index is 12.4. The summed E-state index contributed by atoms with van der Waals surface area (Å²) in [4.78, 5) is 11.6. The van der Waals surface area contributed by atoms with E-state index < -0.39 is 12.7 Å². The van der Waals surface area contributed by atoms with Crippen LogP contribution in [0, 0.1) is 0 Å². The first-order chi connectivity index (χ1) is 8.37. The van der Waals surface area contributed by atoms with E-state index in [0.717, 1.165) is 4.90 Å². The van der Waals surface area contributed by atoms with Gasteiger partial charge in [-0.15, -0.1) is 0 Å². The van der Waals surface area contributed by atoms with E-state index in [0.29, 0.717) is 22.0 Å². The fourth-order valence-electron chi connectivity index (χ4n) is 1.44. The lowest BCUT2D eigenvalue weighted by Crippen LogP contribution is -2.36. The Morgan fingerprint density at radius 3 is 2.50 bits per heavy atom. The van der Waals surface area contributed by atoms with Crippen LogP contribution in [0.25, 0.3) is 0 Å². The molecule has 0 saturated heterocycles. The SMILES string of the molecule is O=Cc1ccc(N(CCO)CC(F)(F)F)cc1Br. The van der Waals surface area contributed by atoms with Gasteiger partial charge in [0, 0.05) is 22.3 Å². The Hall–Kier alpha value is -1.08. The smallest absolute Gasteiger partial charge is 0.395 e. The van der Waals surface area contributed by atoms with Crippen LogP contribution in [0.1, 0.15) is 10.4 Å². The van der Waals surface area contributed by atoms with Crippen LogP contribution in [0.4, 0.5) is 18.9 Å². The molecular weight excluding hydrogens is 315 g/mol. The molecule has 7 heteroatoms. The van der Waals surface area contributed by atoms with Crippen molar-refractivity contribution in [3.05, 3.63) is 28.2 Å². The molecule has 0 radical (unpaired) electrons. The Bertz CT molecular complexity index is 423. The molecule has 0 aliphatic heterocycles. The Morgan fingerprint density at radius 2 is 2.06 bits per heavy atom. The number of nitrogens with zero attached hydrogens (tertiary/aromatic N) is 1. The zero-order chi connectivity index (χ0) is 13.8. The average Bonchev–Trinajstić information content (AvgIpc) is 2.26. The van der Waals surface area contributed by atoms with Crippen LogP contribution in [0.3, 0.4) is 0 Å². The monoisotopic (exact) mass is 325 g/mol. The van der Waals surface area contributed by atoms with Crippen molar-refractivity contribution in [3.8, 4) is 0 Å². The summed E-state index contributed by atoms with van der Waals surface area (Å²) in [5.74, 6) is 0. The molecule has 0 amide bonds. The quantitative estimate of drug-likeness (QED) is 0.846. The third kappa shape index (κ3) is 4.30. The number of carbonyl (C=O) groups excluding carboxylic acids is 1. The molecular formula is C11H11BrF3NO2. The molecule has 0 spiro atoms. The molecule has 1 aromatic carbocycles. The molecule has 0 fully saturated rings. The van der Waals surface area contributed by atoms with Crippen molar-refractivity contribution in [2.24, 2.45) is 0 Å².